The van der Waals surface area contributed by atoms with E-state index in [0.717, 1.165) is 10.8 Å². The molecule has 0 unspecified atom stereocenters. The Balaban J connectivity index is 2.40. The highest BCUT2D eigenvalue weighted by Gasteiger charge is 2.12. The van der Waals surface area contributed by atoms with Crippen molar-refractivity contribution < 1.29 is 4.42 Å². The maximum absolute atomic E-state index is 12.3. The minimum Gasteiger partial charge on any atom is -0.422 e. The van der Waals surface area contributed by atoms with Gasteiger partial charge < -0.3 is 10.2 Å². The van der Waals surface area contributed by atoms with E-state index in [9.17, 15) is 4.79 Å². The zero-order valence-corrected chi connectivity index (χ0v) is 11.6. The first kappa shape index (κ1) is 12.0. The van der Waals surface area contributed by atoms with E-state index in [2.05, 4.69) is 4.98 Å². The van der Waals surface area contributed by atoms with E-state index in [1.54, 1.807) is 22.7 Å². The number of rotatable bonds is 0. The van der Waals surface area contributed by atoms with Crippen LogP contribution in [0.1, 0.15) is 0 Å². The lowest BCUT2D eigenvalue weighted by molar-refractivity contribution is 0.570. The second-order valence-electron chi connectivity index (χ2n) is 4.70. The van der Waals surface area contributed by atoms with Crippen molar-refractivity contribution in [3.05, 3.63) is 57.7 Å². The van der Waals surface area contributed by atoms with Gasteiger partial charge in [0.2, 0.25) is 0 Å². The molecule has 4 rings (SSSR count). The van der Waals surface area contributed by atoms with Crippen LogP contribution in [0.25, 0.3) is 27.4 Å². The number of nitrogen functional groups attached to an aromatic ring is 1. The highest BCUT2D eigenvalue weighted by molar-refractivity contribution is 7.71. The molecule has 4 aromatic rings. The lowest BCUT2D eigenvalue weighted by Crippen LogP contribution is -2.06. The second kappa shape index (κ2) is 4.13. The summed E-state index contributed by atoms with van der Waals surface area (Å²) in [5.41, 5.74) is 6.26. The fraction of sp³-hybridized carbons (Fsp3) is 0. The minimum absolute atomic E-state index is 0.278. The number of hydrogen-bond acceptors (Lipinski definition) is 5. The number of nitrogens with two attached hydrogens (primary N) is 1. The van der Waals surface area contributed by atoms with Crippen LogP contribution >= 0.6 is 12.2 Å². The molecule has 0 amide bonds. The Morgan fingerprint density at radius 3 is 2.86 bits per heavy atom. The van der Waals surface area contributed by atoms with E-state index in [4.69, 9.17) is 22.4 Å². The van der Waals surface area contributed by atoms with E-state index in [-0.39, 0.29) is 5.82 Å². The van der Waals surface area contributed by atoms with Crippen molar-refractivity contribution in [1.82, 2.24) is 9.38 Å². The summed E-state index contributed by atoms with van der Waals surface area (Å²) < 4.78 is 7.52. The van der Waals surface area contributed by atoms with E-state index < -0.39 is 5.63 Å². The number of fused-ring (bicyclic) bond motifs is 5. The number of anilines is 1. The normalized spacial score (nSPS) is 11.4. The zero-order valence-electron chi connectivity index (χ0n) is 10.7. The largest absolute Gasteiger partial charge is 0.422 e. The molecule has 5 nitrogen and oxygen atoms in total. The Hall–Kier alpha value is -2.73. The molecule has 1 aromatic carbocycles. The van der Waals surface area contributed by atoms with Crippen molar-refractivity contribution in [2.45, 2.75) is 0 Å². The summed E-state index contributed by atoms with van der Waals surface area (Å²) >= 11 is 5.25. The van der Waals surface area contributed by atoms with Gasteiger partial charge in [-0.05, 0) is 12.1 Å². The molecular formula is C15H9N3O2S. The summed E-state index contributed by atoms with van der Waals surface area (Å²) in [5.74, 6) is 0.278. The number of hydrogen-bond donors (Lipinski definition) is 1. The van der Waals surface area contributed by atoms with E-state index in [0.29, 0.717) is 21.3 Å². The average Bonchev–Trinajstić information content (AvgIpc) is 2.46. The summed E-state index contributed by atoms with van der Waals surface area (Å²) in [7, 11) is 0. The van der Waals surface area contributed by atoms with Gasteiger partial charge in [-0.2, -0.15) is 0 Å². The maximum Gasteiger partial charge on any atom is 0.348 e. The highest BCUT2D eigenvalue weighted by atomic mass is 32.1. The van der Waals surface area contributed by atoms with Crippen LogP contribution in [0.15, 0.2) is 51.8 Å². The summed E-state index contributed by atoms with van der Waals surface area (Å²) in [5, 5.41) is 2.01. The molecule has 0 radical (unpaired) electrons. The Bertz CT molecular complexity index is 1140. The minimum atomic E-state index is -0.450. The smallest absolute Gasteiger partial charge is 0.348 e. The first-order valence-electron chi connectivity index (χ1n) is 6.28. The number of pyridine rings is 1. The number of benzene rings is 1. The average molecular weight is 295 g/mol. The molecule has 0 atom stereocenters. The van der Waals surface area contributed by atoms with E-state index >= 15 is 0 Å². The topological polar surface area (TPSA) is 73.5 Å². The zero-order chi connectivity index (χ0) is 14.6. The maximum atomic E-state index is 12.3. The van der Waals surface area contributed by atoms with Gasteiger partial charge in [0, 0.05) is 23.0 Å². The number of para-hydroxylation sites is 1. The Morgan fingerprint density at radius 1 is 1.19 bits per heavy atom. The van der Waals surface area contributed by atoms with Crippen LogP contribution in [0, 0.1) is 4.64 Å². The molecule has 102 valence electrons. The van der Waals surface area contributed by atoms with Crippen molar-refractivity contribution in [3.63, 3.8) is 0 Å². The van der Waals surface area contributed by atoms with E-state index in [1.165, 1.54) is 0 Å². The third kappa shape index (κ3) is 1.66. The van der Waals surface area contributed by atoms with Gasteiger partial charge in [-0.1, -0.05) is 30.4 Å². The molecule has 3 heterocycles. The molecule has 0 aliphatic rings. The van der Waals surface area contributed by atoms with Gasteiger partial charge in [-0.15, -0.1) is 0 Å². The van der Waals surface area contributed by atoms with Crippen molar-refractivity contribution >= 4 is 45.4 Å². The highest BCUT2D eigenvalue weighted by Crippen LogP contribution is 2.25. The molecule has 0 aliphatic carbocycles. The van der Waals surface area contributed by atoms with Crippen LogP contribution in [0.5, 0.6) is 0 Å². The third-order valence-electron chi connectivity index (χ3n) is 3.44. The number of aromatic nitrogens is 2. The third-order valence-corrected chi connectivity index (χ3v) is 3.75. The monoisotopic (exact) mass is 295 g/mol. The molecule has 3 aromatic heterocycles. The molecule has 0 bridgehead atoms. The van der Waals surface area contributed by atoms with Crippen LogP contribution in [-0.2, 0) is 0 Å². The first-order valence-corrected chi connectivity index (χ1v) is 6.69. The van der Waals surface area contributed by atoms with E-state index in [1.807, 2.05) is 24.3 Å². The van der Waals surface area contributed by atoms with Gasteiger partial charge in [-0.25, -0.2) is 9.78 Å². The van der Waals surface area contributed by atoms with Crippen molar-refractivity contribution in [2.24, 2.45) is 0 Å². The summed E-state index contributed by atoms with van der Waals surface area (Å²) in [6.07, 6.45) is 1.79. The SMILES string of the molecule is Nc1cc(=S)n2ccc3c4ccccc4oc(=O)c3c2n1. The fourth-order valence-electron chi connectivity index (χ4n) is 2.54. The van der Waals surface area contributed by atoms with Gasteiger partial charge in [0.05, 0.1) is 0 Å². The lowest BCUT2D eigenvalue weighted by Gasteiger charge is -2.07. The predicted octanol–water partition coefficient (Wildman–Crippen LogP) is 2.91. The van der Waals surface area contributed by atoms with Gasteiger partial charge in [0.15, 0.2) is 5.65 Å². The first-order chi connectivity index (χ1) is 10.1. The lowest BCUT2D eigenvalue weighted by atomic mass is 10.1. The van der Waals surface area contributed by atoms with Crippen molar-refractivity contribution in [3.8, 4) is 0 Å². The van der Waals surface area contributed by atoms with Gasteiger partial charge in [0.1, 0.15) is 21.4 Å². The Kier molecular flexibility index (Phi) is 2.37. The second-order valence-corrected chi connectivity index (χ2v) is 5.12. The molecule has 21 heavy (non-hydrogen) atoms. The molecule has 0 spiro atoms. The summed E-state index contributed by atoms with van der Waals surface area (Å²) in [6, 6.07) is 10.8. The van der Waals surface area contributed by atoms with Crippen molar-refractivity contribution in [2.75, 3.05) is 5.73 Å². The van der Waals surface area contributed by atoms with Crippen LogP contribution < -0.4 is 11.4 Å². The quantitative estimate of drug-likeness (QED) is 0.307. The standard InChI is InChI=1S/C15H9N3O2S/c16-11-7-12(21)18-6-5-9-8-3-1-2-4-10(8)20-15(19)13(9)14(18)17-11/h1-7H,16H2. The Labute approximate surface area is 123 Å². The van der Waals surface area contributed by atoms with Crippen LogP contribution in [0.4, 0.5) is 5.82 Å². The van der Waals surface area contributed by atoms with Crippen molar-refractivity contribution in [1.29, 1.82) is 0 Å². The molecular weight excluding hydrogens is 286 g/mol. The van der Waals surface area contributed by atoms with Crippen LogP contribution in [0.2, 0.25) is 0 Å². The van der Waals surface area contributed by atoms with Crippen LogP contribution in [-0.4, -0.2) is 9.38 Å². The molecule has 0 aliphatic heterocycles. The Morgan fingerprint density at radius 2 is 2.00 bits per heavy atom. The number of nitrogens with zero attached hydrogens (tertiary/aromatic N) is 2. The molecule has 0 fully saturated rings. The van der Waals surface area contributed by atoms with Crippen LogP contribution in [0.3, 0.4) is 0 Å². The molecule has 6 heteroatoms. The predicted molar refractivity (Wildman–Crippen MR) is 84.0 cm³/mol. The molecule has 2 N–H and O–H groups in total. The van der Waals surface area contributed by atoms with Gasteiger partial charge in [-0.3, -0.25) is 4.40 Å². The fourth-order valence-corrected chi connectivity index (χ4v) is 2.80. The molecule has 0 saturated carbocycles. The molecule has 0 saturated heterocycles. The van der Waals surface area contributed by atoms with Gasteiger partial charge in [0.25, 0.3) is 0 Å². The summed E-state index contributed by atoms with van der Waals surface area (Å²) in [4.78, 5) is 16.6. The van der Waals surface area contributed by atoms with Gasteiger partial charge >= 0.3 is 5.63 Å². The summed E-state index contributed by atoms with van der Waals surface area (Å²) in [6.45, 7) is 0.